The van der Waals surface area contributed by atoms with Crippen molar-refractivity contribution < 1.29 is 22.3 Å². The van der Waals surface area contributed by atoms with Crippen molar-refractivity contribution in [3.8, 4) is 5.69 Å². The first-order chi connectivity index (χ1) is 15.6. The minimum atomic E-state index is -4.92. The van der Waals surface area contributed by atoms with Gasteiger partial charge in [0.1, 0.15) is 0 Å². The number of aromatic amines is 1. The van der Waals surface area contributed by atoms with Gasteiger partial charge in [0.2, 0.25) is 0 Å². The van der Waals surface area contributed by atoms with E-state index in [2.05, 4.69) is 10.2 Å². The lowest BCUT2D eigenvalue weighted by Gasteiger charge is -2.33. The monoisotopic (exact) mass is 467 g/mol. The molecule has 0 bridgehead atoms. The summed E-state index contributed by atoms with van der Waals surface area (Å²) in [5.41, 5.74) is -0.696. The SMILES string of the molecule is CCc1[nH]ncc1C(C)n1ccn(-c2cc(N3CCO[C@H](C)C3)cc(C(F)(F)F)c2F)c1=O. The van der Waals surface area contributed by atoms with Crippen molar-refractivity contribution in [1.82, 2.24) is 19.3 Å². The molecule has 1 N–H and O–H groups in total. The maximum Gasteiger partial charge on any atom is 0.419 e. The van der Waals surface area contributed by atoms with E-state index in [1.165, 1.54) is 23.0 Å². The lowest BCUT2D eigenvalue weighted by molar-refractivity contribution is -0.139. The molecular weight excluding hydrogens is 442 g/mol. The molecule has 4 rings (SSSR count). The molecule has 33 heavy (non-hydrogen) atoms. The molecular formula is C22H25F4N5O2. The van der Waals surface area contributed by atoms with Crippen molar-refractivity contribution in [3.63, 3.8) is 0 Å². The Hall–Kier alpha value is -3.08. The van der Waals surface area contributed by atoms with Gasteiger partial charge in [-0.05, 0) is 32.4 Å². The standard InChI is InChI=1S/C22H25F4N5O2/c1-4-18-16(11-27-28-18)14(3)30-5-6-31(21(30)32)19-10-15(29-7-8-33-13(2)12-29)9-17(20(19)23)22(24,25)26/h5-6,9-11,13-14H,4,7-8,12H2,1-3H3,(H,27,28)/t13-,14?/m1/s1. The zero-order valence-corrected chi connectivity index (χ0v) is 18.5. The van der Waals surface area contributed by atoms with Crippen LogP contribution in [0.3, 0.4) is 0 Å². The van der Waals surface area contributed by atoms with E-state index in [1.54, 1.807) is 18.0 Å². The average molecular weight is 467 g/mol. The molecule has 2 atom stereocenters. The zero-order valence-electron chi connectivity index (χ0n) is 18.5. The molecule has 1 fully saturated rings. The van der Waals surface area contributed by atoms with Crippen molar-refractivity contribution >= 4 is 5.69 Å². The highest BCUT2D eigenvalue weighted by molar-refractivity contribution is 5.58. The Bertz CT molecular complexity index is 1200. The fraction of sp³-hybridized carbons (Fsp3) is 0.455. The third-order valence-electron chi connectivity index (χ3n) is 5.99. The van der Waals surface area contributed by atoms with Gasteiger partial charge in [-0.25, -0.2) is 9.18 Å². The Kier molecular flexibility index (Phi) is 6.08. The number of hydrogen-bond acceptors (Lipinski definition) is 4. The van der Waals surface area contributed by atoms with Crippen LogP contribution in [0.2, 0.25) is 0 Å². The molecule has 1 aromatic carbocycles. The first-order valence-electron chi connectivity index (χ1n) is 10.7. The molecule has 2 aromatic heterocycles. The van der Waals surface area contributed by atoms with Gasteiger partial charge in [-0.1, -0.05) is 6.92 Å². The molecule has 3 aromatic rings. The van der Waals surface area contributed by atoms with Crippen LogP contribution in [-0.4, -0.2) is 45.1 Å². The van der Waals surface area contributed by atoms with Crippen LogP contribution >= 0.6 is 0 Å². The number of benzene rings is 1. The minimum absolute atomic E-state index is 0.185. The molecule has 11 heteroatoms. The van der Waals surface area contributed by atoms with Crippen LogP contribution in [0, 0.1) is 5.82 Å². The second kappa shape index (κ2) is 8.69. The van der Waals surface area contributed by atoms with E-state index >= 15 is 4.39 Å². The van der Waals surface area contributed by atoms with Crippen molar-refractivity contribution in [2.24, 2.45) is 0 Å². The fourth-order valence-corrected chi connectivity index (χ4v) is 4.20. The number of nitrogens with zero attached hydrogens (tertiary/aromatic N) is 4. The summed E-state index contributed by atoms with van der Waals surface area (Å²) in [6, 6.07) is 1.63. The van der Waals surface area contributed by atoms with E-state index in [1.807, 2.05) is 13.8 Å². The number of ether oxygens (including phenoxy) is 1. The summed E-state index contributed by atoms with van der Waals surface area (Å²) in [6.07, 6.45) is -0.105. The molecule has 0 aliphatic carbocycles. The van der Waals surface area contributed by atoms with E-state index < -0.39 is 35.0 Å². The Labute approximate surface area is 187 Å². The number of nitrogens with one attached hydrogen (secondary N) is 1. The third kappa shape index (κ3) is 4.29. The van der Waals surface area contributed by atoms with Gasteiger partial charge < -0.3 is 9.64 Å². The first-order valence-corrected chi connectivity index (χ1v) is 10.7. The molecule has 1 aliphatic heterocycles. The molecule has 0 saturated carbocycles. The number of aryl methyl sites for hydroxylation is 1. The number of halogens is 4. The number of H-pyrrole nitrogens is 1. The summed E-state index contributed by atoms with van der Waals surface area (Å²) in [7, 11) is 0. The van der Waals surface area contributed by atoms with Gasteiger partial charge in [0, 0.05) is 42.4 Å². The van der Waals surface area contributed by atoms with Gasteiger partial charge in [0.25, 0.3) is 0 Å². The number of morpholine rings is 1. The molecule has 1 saturated heterocycles. The van der Waals surface area contributed by atoms with Crippen LogP contribution in [0.15, 0.2) is 35.5 Å². The van der Waals surface area contributed by atoms with E-state index in [4.69, 9.17) is 4.74 Å². The second-order valence-corrected chi connectivity index (χ2v) is 8.14. The Morgan fingerprint density at radius 1 is 1.30 bits per heavy atom. The number of anilines is 1. The summed E-state index contributed by atoms with van der Waals surface area (Å²) in [4.78, 5) is 14.9. The molecule has 1 unspecified atom stereocenters. The highest BCUT2D eigenvalue weighted by atomic mass is 19.4. The van der Waals surface area contributed by atoms with Crippen molar-refractivity contribution in [1.29, 1.82) is 0 Å². The average Bonchev–Trinajstić information content (AvgIpc) is 3.39. The summed E-state index contributed by atoms with van der Waals surface area (Å²) < 4.78 is 63.9. The number of imidazole rings is 1. The first kappa shape index (κ1) is 23.1. The van der Waals surface area contributed by atoms with Crippen LogP contribution in [-0.2, 0) is 17.3 Å². The minimum Gasteiger partial charge on any atom is -0.375 e. The summed E-state index contributed by atoms with van der Waals surface area (Å²) >= 11 is 0. The maximum atomic E-state index is 15.1. The van der Waals surface area contributed by atoms with Gasteiger partial charge in [-0.2, -0.15) is 18.3 Å². The van der Waals surface area contributed by atoms with Gasteiger partial charge in [-0.15, -0.1) is 0 Å². The molecule has 0 radical (unpaired) electrons. The van der Waals surface area contributed by atoms with Gasteiger partial charge in [0.15, 0.2) is 5.82 Å². The quantitative estimate of drug-likeness (QED) is 0.578. The Morgan fingerprint density at radius 2 is 2.06 bits per heavy atom. The lowest BCUT2D eigenvalue weighted by Crippen LogP contribution is -2.41. The van der Waals surface area contributed by atoms with E-state index in [0.29, 0.717) is 26.1 Å². The van der Waals surface area contributed by atoms with Crippen molar-refractivity contribution in [3.05, 3.63) is 63.8 Å². The summed E-state index contributed by atoms with van der Waals surface area (Å²) in [6.45, 7) is 6.58. The van der Waals surface area contributed by atoms with Crippen LogP contribution in [0.5, 0.6) is 0 Å². The largest absolute Gasteiger partial charge is 0.419 e. The van der Waals surface area contributed by atoms with Crippen molar-refractivity contribution in [2.45, 2.75) is 45.5 Å². The molecule has 178 valence electrons. The summed E-state index contributed by atoms with van der Waals surface area (Å²) in [5.74, 6) is -1.49. The lowest BCUT2D eigenvalue weighted by atomic mass is 10.1. The fourth-order valence-electron chi connectivity index (χ4n) is 4.20. The number of hydrogen-bond donors (Lipinski definition) is 1. The van der Waals surface area contributed by atoms with Crippen LogP contribution in [0.4, 0.5) is 23.2 Å². The normalized spacial score (nSPS) is 18.0. The van der Waals surface area contributed by atoms with E-state index in [9.17, 15) is 18.0 Å². The van der Waals surface area contributed by atoms with E-state index in [-0.39, 0.29) is 11.8 Å². The van der Waals surface area contributed by atoms with Crippen LogP contribution < -0.4 is 10.6 Å². The molecule has 1 aliphatic rings. The van der Waals surface area contributed by atoms with Crippen LogP contribution in [0.1, 0.15) is 43.6 Å². The number of alkyl halides is 3. The predicted octanol–water partition coefficient (Wildman–Crippen LogP) is 3.92. The van der Waals surface area contributed by atoms with E-state index in [0.717, 1.165) is 21.9 Å². The zero-order chi connectivity index (χ0) is 23.9. The number of aromatic nitrogens is 4. The second-order valence-electron chi connectivity index (χ2n) is 8.14. The summed E-state index contributed by atoms with van der Waals surface area (Å²) in [5, 5.41) is 6.88. The molecule has 7 nitrogen and oxygen atoms in total. The van der Waals surface area contributed by atoms with Gasteiger partial charge in [0.05, 0.1) is 36.2 Å². The van der Waals surface area contributed by atoms with Gasteiger partial charge >= 0.3 is 11.9 Å². The highest BCUT2D eigenvalue weighted by Gasteiger charge is 2.37. The smallest absolute Gasteiger partial charge is 0.375 e. The maximum absolute atomic E-state index is 15.1. The third-order valence-corrected chi connectivity index (χ3v) is 5.99. The predicted molar refractivity (Wildman–Crippen MR) is 114 cm³/mol. The molecule has 0 amide bonds. The topological polar surface area (TPSA) is 68.1 Å². The van der Waals surface area contributed by atoms with Crippen molar-refractivity contribution in [2.75, 3.05) is 24.6 Å². The molecule has 3 heterocycles. The molecule has 0 spiro atoms. The van der Waals surface area contributed by atoms with Gasteiger partial charge in [-0.3, -0.25) is 14.2 Å². The number of rotatable bonds is 5. The Morgan fingerprint density at radius 3 is 2.73 bits per heavy atom. The Balaban J connectivity index is 1.82. The highest BCUT2D eigenvalue weighted by Crippen LogP contribution is 2.37. The van der Waals surface area contributed by atoms with Crippen LogP contribution in [0.25, 0.3) is 5.69 Å².